The van der Waals surface area contributed by atoms with Crippen molar-refractivity contribution in [2.45, 2.75) is 4.90 Å². The van der Waals surface area contributed by atoms with Gasteiger partial charge in [-0.3, -0.25) is 9.89 Å². The molecule has 1 aromatic carbocycles. The van der Waals surface area contributed by atoms with Gasteiger partial charge in [-0.2, -0.15) is 5.10 Å². The number of benzene rings is 1. The fourth-order valence-electron chi connectivity index (χ4n) is 1.36. The highest BCUT2D eigenvalue weighted by Crippen LogP contribution is 2.28. The van der Waals surface area contributed by atoms with Crippen LogP contribution in [0.4, 0.5) is 5.69 Å². The van der Waals surface area contributed by atoms with E-state index < -0.39 is 9.05 Å². The summed E-state index contributed by atoms with van der Waals surface area (Å²) in [6, 6.07) is 5.70. The molecule has 6 nitrogen and oxygen atoms in total. The van der Waals surface area contributed by atoms with Crippen LogP contribution in [0.25, 0.3) is 0 Å². The minimum absolute atomic E-state index is 0.0614. The van der Waals surface area contributed by atoms with Crippen LogP contribution in [0.5, 0.6) is 0 Å². The Morgan fingerprint density at radius 1 is 1.37 bits per heavy atom. The van der Waals surface area contributed by atoms with E-state index in [0.29, 0.717) is 11.4 Å². The molecule has 0 spiro atoms. The number of amides is 1. The van der Waals surface area contributed by atoms with E-state index in [2.05, 4.69) is 31.4 Å². The number of aromatic nitrogens is 2. The molecule has 0 fully saturated rings. The summed E-state index contributed by atoms with van der Waals surface area (Å²) in [5.41, 5.74) is 0.723. The van der Waals surface area contributed by atoms with Gasteiger partial charge in [-0.1, -0.05) is 0 Å². The maximum atomic E-state index is 11.7. The average molecular weight is 365 g/mol. The quantitative estimate of drug-likeness (QED) is 0.818. The third-order valence-electron chi connectivity index (χ3n) is 2.20. The highest BCUT2D eigenvalue weighted by atomic mass is 79.9. The van der Waals surface area contributed by atoms with E-state index in [1.54, 1.807) is 0 Å². The molecule has 2 rings (SSSR count). The molecule has 0 radical (unpaired) electrons. The van der Waals surface area contributed by atoms with E-state index >= 15 is 0 Å². The summed E-state index contributed by atoms with van der Waals surface area (Å²) < 4.78 is 22.7. The van der Waals surface area contributed by atoms with Crippen LogP contribution in [-0.2, 0) is 9.05 Å². The van der Waals surface area contributed by atoms with Crippen LogP contribution in [0, 0.1) is 0 Å². The SMILES string of the molecule is O=C(Nc1ccc(S(=O)(=O)Cl)c(Br)c1)c1ccn[nH]1. The standard InChI is InChI=1S/C10H7BrClN3O3S/c11-7-5-6(1-2-9(7)19(12,17)18)14-10(16)8-3-4-13-15-8/h1-5H,(H,13,15)(H,14,16). The van der Waals surface area contributed by atoms with Crippen molar-refractivity contribution < 1.29 is 13.2 Å². The van der Waals surface area contributed by atoms with Gasteiger partial charge in [-0.25, -0.2) is 8.42 Å². The first kappa shape index (κ1) is 14.0. The molecule has 0 atom stereocenters. The molecule has 100 valence electrons. The van der Waals surface area contributed by atoms with E-state index in [-0.39, 0.29) is 15.3 Å². The second kappa shape index (κ2) is 5.32. The van der Waals surface area contributed by atoms with Crippen LogP contribution >= 0.6 is 26.6 Å². The zero-order valence-electron chi connectivity index (χ0n) is 9.22. The lowest BCUT2D eigenvalue weighted by molar-refractivity contribution is 0.102. The normalized spacial score (nSPS) is 11.3. The van der Waals surface area contributed by atoms with Crippen molar-refractivity contribution in [3.05, 3.63) is 40.6 Å². The van der Waals surface area contributed by atoms with Gasteiger partial charge in [0.1, 0.15) is 5.69 Å². The Hall–Kier alpha value is -1.38. The number of hydrogen-bond donors (Lipinski definition) is 2. The third kappa shape index (κ3) is 3.34. The maximum absolute atomic E-state index is 11.7. The van der Waals surface area contributed by atoms with Crippen molar-refractivity contribution in [2.24, 2.45) is 0 Å². The number of aromatic amines is 1. The number of rotatable bonds is 3. The second-order valence-corrected chi connectivity index (χ2v) is 6.90. The lowest BCUT2D eigenvalue weighted by Gasteiger charge is -2.06. The number of carbonyl (C=O) groups excluding carboxylic acids is 1. The van der Waals surface area contributed by atoms with Crippen molar-refractivity contribution in [3.8, 4) is 0 Å². The van der Waals surface area contributed by atoms with Gasteiger partial charge in [0.25, 0.3) is 15.0 Å². The van der Waals surface area contributed by atoms with Gasteiger partial charge in [0.05, 0.1) is 4.90 Å². The van der Waals surface area contributed by atoms with Crippen LogP contribution in [0.3, 0.4) is 0 Å². The van der Waals surface area contributed by atoms with E-state index in [0.717, 1.165) is 0 Å². The average Bonchev–Trinajstić information content (AvgIpc) is 2.80. The first-order chi connectivity index (χ1) is 8.88. The Morgan fingerprint density at radius 3 is 2.63 bits per heavy atom. The van der Waals surface area contributed by atoms with Crippen LogP contribution in [0.15, 0.2) is 39.8 Å². The number of halogens is 2. The molecule has 0 aliphatic carbocycles. The van der Waals surface area contributed by atoms with Gasteiger partial charge < -0.3 is 5.32 Å². The van der Waals surface area contributed by atoms with Gasteiger partial charge in [0.2, 0.25) is 0 Å². The first-order valence-corrected chi connectivity index (χ1v) is 8.03. The predicted molar refractivity (Wildman–Crippen MR) is 73.7 cm³/mol. The molecule has 2 aromatic rings. The zero-order valence-corrected chi connectivity index (χ0v) is 12.4. The van der Waals surface area contributed by atoms with Gasteiger partial charge in [-0.15, -0.1) is 0 Å². The molecule has 0 bridgehead atoms. The fourth-order valence-corrected chi connectivity index (χ4v) is 3.58. The largest absolute Gasteiger partial charge is 0.321 e. The third-order valence-corrected chi connectivity index (χ3v) is 4.50. The van der Waals surface area contributed by atoms with Crippen molar-refractivity contribution in [2.75, 3.05) is 5.32 Å². The smallest absolute Gasteiger partial charge is 0.273 e. The van der Waals surface area contributed by atoms with Gasteiger partial charge in [-0.05, 0) is 40.2 Å². The highest BCUT2D eigenvalue weighted by molar-refractivity contribution is 9.10. The van der Waals surface area contributed by atoms with Gasteiger partial charge in [0, 0.05) is 27.0 Å². The van der Waals surface area contributed by atoms with Crippen LogP contribution in [0.2, 0.25) is 0 Å². The summed E-state index contributed by atoms with van der Waals surface area (Å²) in [5, 5.41) is 8.76. The Morgan fingerprint density at radius 2 is 2.11 bits per heavy atom. The Kier molecular flexibility index (Phi) is 3.93. The molecule has 19 heavy (non-hydrogen) atoms. The molecular weight excluding hydrogens is 358 g/mol. The predicted octanol–water partition coefficient (Wildman–Crippen LogP) is 2.35. The van der Waals surface area contributed by atoms with Crippen LogP contribution in [0.1, 0.15) is 10.5 Å². The summed E-state index contributed by atoms with van der Waals surface area (Å²) in [7, 11) is 1.42. The van der Waals surface area contributed by atoms with Gasteiger partial charge in [0.15, 0.2) is 0 Å². The Bertz CT molecular complexity index is 716. The molecule has 0 aliphatic heterocycles. The summed E-state index contributed by atoms with van der Waals surface area (Å²) >= 11 is 3.09. The summed E-state index contributed by atoms with van der Waals surface area (Å²) in [6.07, 6.45) is 1.45. The number of anilines is 1. The van der Waals surface area contributed by atoms with E-state index in [1.165, 1.54) is 30.5 Å². The molecular formula is C10H7BrClN3O3S. The Labute approximate surface area is 121 Å². The molecule has 9 heteroatoms. The van der Waals surface area contributed by atoms with Gasteiger partial charge >= 0.3 is 0 Å². The summed E-state index contributed by atoms with van der Waals surface area (Å²) in [5.74, 6) is -0.383. The fraction of sp³-hybridized carbons (Fsp3) is 0. The molecule has 1 heterocycles. The number of H-pyrrole nitrogens is 1. The molecule has 0 aliphatic rings. The molecule has 0 saturated heterocycles. The van der Waals surface area contributed by atoms with E-state index in [1.807, 2.05) is 0 Å². The Balaban J connectivity index is 2.24. The van der Waals surface area contributed by atoms with Crippen LogP contribution < -0.4 is 5.32 Å². The molecule has 0 unspecified atom stereocenters. The van der Waals surface area contributed by atoms with Crippen LogP contribution in [-0.4, -0.2) is 24.5 Å². The second-order valence-electron chi connectivity index (χ2n) is 3.51. The minimum Gasteiger partial charge on any atom is -0.321 e. The lowest BCUT2D eigenvalue weighted by Crippen LogP contribution is -2.12. The lowest BCUT2D eigenvalue weighted by atomic mass is 10.3. The monoisotopic (exact) mass is 363 g/mol. The van der Waals surface area contributed by atoms with Crippen molar-refractivity contribution in [1.82, 2.24) is 10.2 Å². The van der Waals surface area contributed by atoms with Crippen molar-refractivity contribution >= 4 is 47.3 Å². The molecule has 0 saturated carbocycles. The number of carbonyl (C=O) groups is 1. The molecule has 1 amide bonds. The summed E-state index contributed by atoms with van der Waals surface area (Å²) in [4.78, 5) is 11.7. The summed E-state index contributed by atoms with van der Waals surface area (Å²) in [6.45, 7) is 0. The molecule has 2 N–H and O–H groups in total. The zero-order chi connectivity index (χ0) is 14.0. The van der Waals surface area contributed by atoms with Crippen molar-refractivity contribution in [3.63, 3.8) is 0 Å². The topological polar surface area (TPSA) is 91.9 Å². The minimum atomic E-state index is -3.83. The number of nitrogens with zero attached hydrogens (tertiary/aromatic N) is 1. The number of hydrogen-bond acceptors (Lipinski definition) is 4. The van der Waals surface area contributed by atoms with E-state index in [9.17, 15) is 13.2 Å². The van der Waals surface area contributed by atoms with E-state index in [4.69, 9.17) is 10.7 Å². The molecule has 1 aromatic heterocycles. The maximum Gasteiger partial charge on any atom is 0.273 e. The highest BCUT2D eigenvalue weighted by Gasteiger charge is 2.15. The first-order valence-electron chi connectivity index (χ1n) is 4.93. The number of nitrogens with one attached hydrogen (secondary N) is 2. The van der Waals surface area contributed by atoms with Crippen molar-refractivity contribution in [1.29, 1.82) is 0 Å².